The Morgan fingerprint density at radius 2 is 1.96 bits per heavy atom. The minimum Gasteiger partial charge on any atom is -0.393 e. The van der Waals surface area contributed by atoms with E-state index in [2.05, 4.69) is 10.4 Å². The zero-order valence-corrected chi connectivity index (χ0v) is 14.4. The van der Waals surface area contributed by atoms with Crippen molar-refractivity contribution < 1.29 is 9.90 Å². The Morgan fingerprint density at radius 1 is 1.20 bits per heavy atom. The van der Waals surface area contributed by atoms with Gasteiger partial charge in [0.05, 0.1) is 29.4 Å². The van der Waals surface area contributed by atoms with Gasteiger partial charge in [0.2, 0.25) is 0 Å². The van der Waals surface area contributed by atoms with Gasteiger partial charge in [-0.25, -0.2) is 9.48 Å². The zero-order valence-electron chi connectivity index (χ0n) is 14.4. The predicted molar refractivity (Wildman–Crippen MR) is 95.7 cm³/mol. The molecule has 1 saturated heterocycles. The number of aliphatic hydroxyl groups is 1. The minimum absolute atomic E-state index is 0.0698. The van der Waals surface area contributed by atoms with Gasteiger partial charge in [-0.05, 0) is 50.2 Å². The Morgan fingerprint density at radius 3 is 2.76 bits per heavy atom. The van der Waals surface area contributed by atoms with E-state index in [0.717, 1.165) is 49.4 Å². The number of fused-ring (bicyclic) bond motifs is 1. The summed E-state index contributed by atoms with van der Waals surface area (Å²) in [5.74, 6) is 0.963. The third kappa shape index (κ3) is 3.14. The quantitative estimate of drug-likeness (QED) is 0.883. The van der Waals surface area contributed by atoms with Crippen molar-refractivity contribution in [2.24, 2.45) is 11.8 Å². The summed E-state index contributed by atoms with van der Waals surface area (Å²) in [5, 5.41) is 17.2. The molecule has 3 unspecified atom stereocenters. The normalized spacial score (nSPS) is 25.7. The summed E-state index contributed by atoms with van der Waals surface area (Å²) in [6.07, 6.45) is 4.20. The molecule has 1 aliphatic carbocycles. The first-order chi connectivity index (χ1) is 12.1. The van der Waals surface area contributed by atoms with Crippen molar-refractivity contribution in [1.82, 2.24) is 14.7 Å². The Balaban J connectivity index is 1.44. The van der Waals surface area contributed by atoms with Crippen molar-refractivity contribution in [2.75, 3.05) is 18.4 Å². The number of aromatic nitrogens is 2. The average Bonchev–Trinajstić information content (AvgIpc) is 3.19. The molecule has 25 heavy (non-hydrogen) atoms. The maximum Gasteiger partial charge on any atom is 0.321 e. The molecule has 6 heteroatoms. The van der Waals surface area contributed by atoms with Crippen molar-refractivity contribution in [3.05, 3.63) is 42.2 Å². The molecule has 0 radical (unpaired) electrons. The lowest BCUT2D eigenvalue weighted by atomic mass is 9.80. The van der Waals surface area contributed by atoms with Gasteiger partial charge in [0.15, 0.2) is 0 Å². The summed E-state index contributed by atoms with van der Waals surface area (Å²) >= 11 is 0. The van der Waals surface area contributed by atoms with Crippen molar-refractivity contribution in [2.45, 2.75) is 32.3 Å². The van der Waals surface area contributed by atoms with Crippen LogP contribution < -0.4 is 5.32 Å². The lowest BCUT2D eigenvalue weighted by Crippen LogP contribution is -2.33. The molecule has 1 aromatic carbocycles. The maximum atomic E-state index is 12.7. The number of anilines is 1. The smallest absolute Gasteiger partial charge is 0.321 e. The lowest BCUT2D eigenvalue weighted by Gasteiger charge is -2.27. The van der Waals surface area contributed by atoms with Crippen LogP contribution in [0.3, 0.4) is 0 Å². The number of carbonyl (C=O) groups is 1. The largest absolute Gasteiger partial charge is 0.393 e. The van der Waals surface area contributed by atoms with E-state index in [1.54, 1.807) is 6.20 Å². The summed E-state index contributed by atoms with van der Waals surface area (Å²) in [5.41, 5.74) is 2.62. The van der Waals surface area contributed by atoms with E-state index >= 15 is 0 Å². The highest BCUT2D eigenvalue weighted by Gasteiger charge is 2.39. The number of rotatable bonds is 2. The topological polar surface area (TPSA) is 70.4 Å². The number of carbonyl (C=O) groups excluding carboxylic acids is 1. The molecule has 0 spiro atoms. The minimum atomic E-state index is -0.199. The second kappa shape index (κ2) is 6.52. The number of nitrogens with one attached hydrogen (secondary N) is 1. The van der Waals surface area contributed by atoms with Crippen molar-refractivity contribution in [3.8, 4) is 5.69 Å². The van der Waals surface area contributed by atoms with Gasteiger partial charge in [-0.1, -0.05) is 18.2 Å². The van der Waals surface area contributed by atoms with Gasteiger partial charge in [-0.3, -0.25) is 0 Å². The zero-order chi connectivity index (χ0) is 17.4. The number of para-hydroxylation sites is 1. The molecule has 1 aliphatic heterocycles. The van der Waals surface area contributed by atoms with Gasteiger partial charge < -0.3 is 15.3 Å². The monoisotopic (exact) mass is 340 g/mol. The molecular weight excluding hydrogens is 316 g/mol. The SMILES string of the molecule is Cc1c(NC(=O)N2CC3CCC(O)CC3C2)cnn1-c1ccccc1. The van der Waals surface area contributed by atoms with E-state index < -0.39 is 0 Å². The number of hydrogen-bond acceptors (Lipinski definition) is 3. The molecule has 2 N–H and O–H groups in total. The molecule has 132 valence electrons. The van der Waals surface area contributed by atoms with Crippen LogP contribution in [0.15, 0.2) is 36.5 Å². The summed E-state index contributed by atoms with van der Waals surface area (Å²) < 4.78 is 1.83. The molecule has 6 nitrogen and oxygen atoms in total. The average molecular weight is 340 g/mol. The van der Waals surface area contributed by atoms with Crippen molar-refractivity contribution in [1.29, 1.82) is 0 Å². The van der Waals surface area contributed by atoms with Crippen LogP contribution in [0, 0.1) is 18.8 Å². The second-order valence-electron chi connectivity index (χ2n) is 7.21. The third-order valence-corrected chi connectivity index (χ3v) is 5.56. The first-order valence-corrected chi connectivity index (χ1v) is 8.96. The molecule has 1 saturated carbocycles. The molecule has 1 aromatic heterocycles. The molecule has 4 rings (SSSR count). The number of benzene rings is 1. The molecule has 2 amide bonds. The second-order valence-corrected chi connectivity index (χ2v) is 7.21. The summed E-state index contributed by atoms with van der Waals surface area (Å²) in [4.78, 5) is 14.5. The predicted octanol–water partition coefficient (Wildman–Crippen LogP) is 2.81. The number of amides is 2. The van der Waals surface area contributed by atoms with E-state index in [9.17, 15) is 9.90 Å². The molecule has 2 fully saturated rings. The highest BCUT2D eigenvalue weighted by Crippen LogP contribution is 2.36. The van der Waals surface area contributed by atoms with Crippen LogP contribution in [0.2, 0.25) is 0 Å². The van der Waals surface area contributed by atoms with Gasteiger partial charge >= 0.3 is 6.03 Å². The Hall–Kier alpha value is -2.34. The van der Waals surface area contributed by atoms with Crippen LogP contribution in [-0.4, -0.2) is 45.0 Å². The maximum absolute atomic E-state index is 12.7. The Kier molecular flexibility index (Phi) is 4.21. The van der Waals surface area contributed by atoms with Gasteiger partial charge in [-0.2, -0.15) is 5.10 Å². The number of aliphatic hydroxyl groups excluding tert-OH is 1. The fourth-order valence-corrected chi connectivity index (χ4v) is 4.13. The van der Waals surface area contributed by atoms with E-state index in [1.165, 1.54) is 0 Å². The first-order valence-electron chi connectivity index (χ1n) is 8.96. The van der Waals surface area contributed by atoms with E-state index in [0.29, 0.717) is 11.8 Å². The van der Waals surface area contributed by atoms with Crippen LogP contribution in [0.5, 0.6) is 0 Å². The Bertz CT molecular complexity index is 758. The lowest BCUT2D eigenvalue weighted by molar-refractivity contribution is 0.0866. The molecule has 3 atom stereocenters. The molecule has 0 bridgehead atoms. The van der Waals surface area contributed by atoms with E-state index in [-0.39, 0.29) is 12.1 Å². The van der Waals surface area contributed by atoms with Crippen LogP contribution in [0.25, 0.3) is 5.69 Å². The van der Waals surface area contributed by atoms with Crippen LogP contribution in [-0.2, 0) is 0 Å². The van der Waals surface area contributed by atoms with Gasteiger partial charge in [0.25, 0.3) is 0 Å². The van der Waals surface area contributed by atoms with Crippen molar-refractivity contribution in [3.63, 3.8) is 0 Å². The highest BCUT2D eigenvalue weighted by molar-refractivity contribution is 5.90. The molecular formula is C19H24N4O2. The molecule has 2 aliphatic rings. The standard InChI is InChI=1S/C19H24N4O2/c1-13-18(10-20-23(13)16-5-3-2-4-6-16)21-19(25)22-11-14-7-8-17(24)9-15(14)12-22/h2-6,10,14-15,17,24H,7-9,11-12H2,1H3,(H,21,25). The number of hydrogen-bond donors (Lipinski definition) is 2. The van der Waals surface area contributed by atoms with Crippen LogP contribution >= 0.6 is 0 Å². The fourth-order valence-electron chi connectivity index (χ4n) is 4.13. The summed E-state index contributed by atoms with van der Waals surface area (Å²) in [6, 6.07) is 9.81. The summed E-state index contributed by atoms with van der Waals surface area (Å²) in [7, 11) is 0. The number of likely N-dealkylation sites (tertiary alicyclic amines) is 1. The van der Waals surface area contributed by atoms with Crippen LogP contribution in [0.4, 0.5) is 10.5 Å². The fraction of sp³-hybridized carbons (Fsp3) is 0.474. The number of urea groups is 1. The first kappa shape index (κ1) is 16.1. The van der Waals surface area contributed by atoms with Gasteiger partial charge in [0, 0.05) is 13.1 Å². The Labute approximate surface area is 147 Å². The molecule has 2 aromatic rings. The highest BCUT2D eigenvalue weighted by atomic mass is 16.3. The number of nitrogens with zero attached hydrogens (tertiary/aromatic N) is 3. The van der Waals surface area contributed by atoms with Gasteiger partial charge in [0.1, 0.15) is 0 Å². The van der Waals surface area contributed by atoms with E-state index in [1.807, 2.05) is 46.8 Å². The van der Waals surface area contributed by atoms with Gasteiger partial charge in [-0.15, -0.1) is 0 Å². The third-order valence-electron chi connectivity index (χ3n) is 5.56. The van der Waals surface area contributed by atoms with E-state index in [4.69, 9.17) is 0 Å². The van der Waals surface area contributed by atoms with Crippen molar-refractivity contribution >= 4 is 11.7 Å². The summed E-state index contributed by atoms with van der Waals surface area (Å²) in [6.45, 7) is 3.48. The van der Waals surface area contributed by atoms with Crippen LogP contribution in [0.1, 0.15) is 25.0 Å². The molecule has 2 heterocycles.